The van der Waals surface area contributed by atoms with Gasteiger partial charge in [0.05, 0.1) is 12.6 Å². The molecule has 7 heteroatoms. The van der Waals surface area contributed by atoms with Gasteiger partial charge in [-0.1, -0.05) is 18.2 Å². The lowest BCUT2D eigenvalue weighted by molar-refractivity contribution is 0.107. The Kier molecular flexibility index (Phi) is 5.93. The number of hydrogen-bond acceptors (Lipinski definition) is 5. The molecule has 0 saturated heterocycles. The highest BCUT2D eigenvalue weighted by Crippen LogP contribution is 2.21. The Morgan fingerprint density at radius 2 is 1.96 bits per heavy atom. The van der Waals surface area contributed by atoms with E-state index in [-0.39, 0.29) is 12.3 Å². The van der Waals surface area contributed by atoms with Crippen molar-refractivity contribution in [2.75, 3.05) is 26.8 Å². The second-order valence-electron chi connectivity index (χ2n) is 6.02. The van der Waals surface area contributed by atoms with Gasteiger partial charge in [0.2, 0.25) is 0 Å². The number of aromatic nitrogens is 2. The summed E-state index contributed by atoms with van der Waals surface area (Å²) in [6.07, 6.45) is 0.216. The molecule has 4 N–H and O–H groups in total. The minimum absolute atomic E-state index is 0.141. The van der Waals surface area contributed by atoms with Crippen molar-refractivity contribution >= 4 is 11.0 Å². The van der Waals surface area contributed by atoms with Crippen LogP contribution in [0.1, 0.15) is 5.56 Å². The number of imidazole rings is 1. The molecule has 138 valence electrons. The maximum absolute atomic E-state index is 11.4. The zero-order valence-electron chi connectivity index (χ0n) is 14.6. The fourth-order valence-electron chi connectivity index (χ4n) is 2.69. The van der Waals surface area contributed by atoms with Gasteiger partial charge in [0.25, 0.3) is 0 Å². The largest absolute Gasteiger partial charge is 0.497 e. The first-order valence-electron chi connectivity index (χ1n) is 8.51. The number of aliphatic hydroxyl groups is 1. The molecule has 0 aliphatic carbocycles. The minimum atomic E-state index is -0.646. The maximum Gasteiger partial charge on any atom is 0.323 e. The number of ether oxygens (including phenoxy) is 2. The van der Waals surface area contributed by atoms with Crippen molar-refractivity contribution in [3.8, 4) is 11.5 Å². The molecular formula is C19H23N3O4. The van der Waals surface area contributed by atoms with Gasteiger partial charge >= 0.3 is 5.69 Å². The van der Waals surface area contributed by atoms with Crippen LogP contribution in [-0.2, 0) is 6.42 Å². The molecule has 0 unspecified atom stereocenters. The molecule has 1 atom stereocenters. The normalized spacial score (nSPS) is 12.2. The number of aliphatic hydroxyl groups excluding tert-OH is 1. The summed E-state index contributed by atoms with van der Waals surface area (Å²) in [5.41, 5.74) is 2.21. The second-order valence-corrected chi connectivity index (χ2v) is 6.02. The molecule has 0 bridgehead atoms. The highest BCUT2D eigenvalue weighted by molar-refractivity contribution is 5.80. The van der Waals surface area contributed by atoms with E-state index in [4.69, 9.17) is 9.47 Å². The Bertz CT molecular complexity index is 886. The van der Waals surface area contributed by atoms with Crippen molar-refractivity contribution in [3.63, 3.8) is 0 Å². The van der Waals surface area contributed by atoms with E-state index in [1.165, 1.54) is 5.56 Å². The number of methoxy groups -OCH3 is 1. The SMILES string of the molecule is COc1ccc(CCNC[C@@H](O)COc2cccc3[nH]c(=O)[nH]c23)cc1. The molecule has 3 aromatic rings. The van der Waals surface area contributed by atoms with Gasteiger partial charge in [-0.15, -0.1) is 0 Å². The summed E-state index contributed by atoms with van der Waals surface area (Å²) in [6.45, 7) is 1.32. The first kappa shape index (κ1) is 18.0. The fourth-order valence-corrected chi connectivity index (χ4v) is 2.69. The maximum atomic E-state index is 11.4. The monoisotopic (exact) mass is 357 g/mol. The Morgan fingerprint density at radius 3 is 2.73 bits per heavy atom. The smallest absolute Gasteiger partial charge is 0.323 e. The topological polar surface area (TPSA) is 99.4 Å². The highest BCUT2D eigenvalue weighted by atomic mass is 16.5. The van der Waals surface area contributed by atoms with Gasteiger partial charge in [0.15, 0.2) is 0 Å². The van der Waals surface area contributed by atoms with E-state index in [2.05, 4.69) is 15.3 Å². The van der Waals surface area contributed by atoms with Crippen LogP contribution in [0.3, 0.4) is 0 Å². The average molecular weight is 357 g/mol. The van der Waals surface area contributed by atoms with E-state index in [0.29, 0.717) is 23.3 Å². The van der Waals surface area contributed by atoms with Gasteiger partial charge in [-0.2, -0.15) is 0 Å². The van der Waals surface area contributed by atoms with Crippen molar-refractivity contribution in [2.45, 2.75) is 12.5 Å². The van der Waals surface area contributed by atoms with E-state index in [1.807, 2.05) is 24.3 Å². The number of para-hydroxylation sites is 1. The van der Waals surface area contributed by atoms with Crippen LogP contribution in [0.15, 0.2) is 47.3 Å². The van der Waals surface area contributed by atoms with Crippen LogP contribution < -0.4 is 20.5 Å². The van der Waals surface area contributed by atoms with Crippen molar-refractivity contribution in [1.29, 1.82) is 0 Å². The second kappa shape index (κ2) is 8.55. The number of aromatic amines is 2. The molecule has 0 spiro atoms. The van der Waals surface area contributed by atoms with Crippen molar-refractivity contribution in [1.82, 2.24) is 15.3 Å². The predicted molar refractivity (Wildman–Crippen MR) is 100.0 cm³/mol. The van der Waals surface area contributed by atoms with Crippen LogP contribution in [0.2, 0.25) is 0 Å². The minimum Gasteiger partial charge on any atom is -0.497 e. The van der Waals surface area contributed by atoms with Crippen LogP contribution in [0.25, 0.3) is 11.0 Å². The van der Waals surface area contributed by atoms with Gasteiger partial charge in [-0.25, -0.2) is 4.79 Å². The molecule has 0 radical (unpaired) electrons. The number of H-pyrrole nitrogens is 2. The molecule has 1 aromatic heterocycles. The predicted octanol–water partition coefficient (Wildman–Crippen LogP) is 1.44. The summed E-state index contributed by atoms with van der Waals surface area (Å²) in [7, 11) is 1.65. The van der Waals surface area contributed by atoms with Crippen LogP contribution in [0.5, 0.6) is 11.5 Å². The third-order valence-corrected chi connectivity index (χ3v) is 4.07. The lowest BCUT2D eigenvalue weighted by Crippen LogP contribution is -2.32. The molecule has 3 rings (SSSR count). The lowest BCUT2D eigenvalue weighted by atomic mass is 10.1. The van der Waals surface area contributed by atoms with E-state index in [9.17, 15) is 9.90 Å². The van der Waals surface area contributed by atoms with Gasteiger partial charge in [-0.05, 0) is 42.8 Å². The fraction of sp³-hybridized carbons (Fsp3) is 0.316. The third-order valence-electron chi connectivity index (χ3n) is 4.07. The summed E-state index contributed by atoms with van der Waals surface area (Å²) in [4.78, 5) is 16.7. The molecule has 0 aliphatic heterocycles. The number of hydrogen-bond donors (Lipinski definition) is 4. The summed E-state index contributed by atoms with van der Waals surface area (Å²) < 4.78 is 10.8. The molecule has 26 heavy (non-hydrogen) atoms. The first-order valence-corrected chi connectivity index (χ1v) is 8.51. The van der Waals surface area contributed by atoms with Crippen LogP contribution in [-0.4, -0.2) is 48.0 Å². The summed E-state index contributed by atoms with van der Waals surface area (Å²) >= 11 is 0. The standard InChI is InChI=1S/C19H23N3O4/c1-25-15-7-5-13(6-8-15)9-10-20-11-14(23)12-26-17-4-2-3-16-18(17)22-19(24)21-16/h2-8,14,20,23H,9-12H2,1H3,(H2,21,22,24)/t14-/m1/s1. The molecule has 0 amide bonds. The van der Waals surface area contributed by atoms with Crippen LogP contribution >= 0.6 is 0 Å². The highest BCUT2D eigenvalue weighted by Gasteiger charge is 2.09. The zero-order valence-corrected chi connectivity index (χ0v) is 14.6. The molecule has 7 nitrogen and oxygen atoms in total. The van der Waals surface area contributed by atoms with Crippen molar-refractivity contribution in [2.24, 2.45) is 0 Å². The molecule has 0 saturated carbocycles. The van der Waals surface area contributed by atoms with E-state index in [1.54, 1.807) is 25.3 Å². The number of rotatable bonds is 9. The van der Waals surface area contributed by atoms with Gasteiger partial charge in [0.1, 0.15) is 29.7 Å². The Labute approximate surface area is 151 Å². The van der Waals surface area contributed by atoms with E-state index in [0.717, 1.165) is 18.7 Å². The van der Waals surface area contributed by atoms with Gasteiger partial charge in [-0.3, -0.25) is 0 Å². The molecular weight excluding hydrogens is 334 g/mol. The molecule has 2 aromatic carbocycles. The average Bonchev–Trinajstić information content (AvgIpc) is 3.04. The molecule has 0 fully saturated rings. The van der Waals surface area contributed by atoms with E-state index < -0.39 is 6.10 Å². The van der Waals surface area contributed by atoms with Crippen molar-refractivity contribution in [3.05, 3.63) is 58.5 Å². The van der Waals surface area contributed by atoms with Gasteiger partial charge < -0.3 is 29.9 Å². The van der Waals surface area contributed by atoms with Gasteiger partial charge in [0, 0.05) is 6.54 Å². The molecule has 0 aliphatic rings. The quantitative estimate of drug-likeness (QED) is 0.434. The lowest BCUT2D eigenvalue weighted by Gasteiger charge is -2.13. The Hall–Kier alpha value is -2.77. The summed E-state index contributed by atoms with van der Waals surface area (Å²) in [5.74, 6) is 1.38. The Balaban J connectivity index is 1.41. The summed E-state index contributed by atoms with van der Waals surface area (Å²) in [6, 6.07) is 13.3. The number of benzene rings is 2. The number of nitrogens with one attached hydrogen (secondary N) is 3. The Morgan fingerprint density at radius 1 is 1.15 bits per heavy atom. The van der Waals surface area contributed by atoms with Crippen molar-refractivity contribution < 1.29 is 14.6 Å². The van der Waals surface area contributed by atoms with Crippen LogP contribution in [0.4, 0.5) is 0 Å². The number of fused-ring (bicyclic) bond motifs is 1. The van der Waals surface area contributed by atoms with Crippen LogP contribution in [0, 0.1) is 0 Å². The third kappa shape index (κ3) is 4.65. The summed E-state index contributed by atoms with van der Waals surface area (Å²) in [5, 5.41) is 13.3. The first-order chi connectivity index (χ1) is 12.7. The zero-order chi connectivity index (χ0) is 18.4. The molecule has 1 heterocycles. The van der Waals surface area contributed by atoms with E-state index >= 15 is 0 Å².